The standard InChI is InChI=1S/C15H22N6O2S2/c1-6-7-21-10(3)18-19-15(21)24-8-11(22)17-14-16-9(2)12(25-14)13(23)20(4)5/h6-8H2,1-5H3,(H,16,17,22). The average Bonchev–Trinajstić information content (AvgIpc) is 3.08. The second-order valence-corrected chi connectivity index (χ2v) is 7.59. The van der Waals surface area contributed by atoms with Crippen LogP contribution < -0.4 is 5.32 Å². The van der Waals surface area contributed by atoms with Crippen molar-refractivity contribution in [3.05, 3.63) is 16.4 Å². The van der Waals surface area contributed by atoms with Crippen LogP contribution in [0, 0.1) is 13.8 Å². The summed E-state index contributed by atoms with van der Waals surface area (Å²) in [6.07, 6.45) is 0.972. The smallest absolute Gasteiger partial charge is 0.265 e. The highest BCUT2D eigenvalue weighted by molar-refractivity contribution is 7.99. The minimum absolute atomic E-state index is 0.118. The quantitative estimate of drug-likeness (QED) is 0.738. The van der Waals surface area contributed by atoms with Gasteiger partial charge in [-0.3, -0.25) is 9.59 Å². The summed E-state index contributed by atoms with van der Waals surface area (Å²) in [5, 5.41) is 12.1. The van der Waals surface area contributed by atoms with Gasteiger partial charge in [0.15, 0.2) is 10.3 Å². The van der Waals surface area contributed by atoms with Gasteiger partial charge in [-0.15, -0.1) is 10.2 Å². The SMILES string of the molecule is CCCn1c(C)nnc1SCC(=O)Nc1nc(C)c(C(=O)N(C)C)s1. The molecule has 0 radical (unpaired) electrons. The molecule has 2 aromatic heterocycles. The predicted molar refractivity (Wildman–Crippen MR) is 99.3 cm³/mol. The van der Waals surface area contributed by atoms with E-state index in [2.05, 4.69) is 27.4 Å². The Morgan fingerprint density at radius 3 is 2.64 bits per heavy atom. The van der Waals surface area contributed by atoms with E-state index >= 15 is 0 Å². The van der Waals surface area contributed by atoms with E-state index in [4.69, 9.17) is 0 Å². The highest BCUT2D eigenvalue weighted by atomic mass is 32.2. The molecule has 0 unspecified atom stereocenters. The highest BCUT2D eigenvalue weighted by Gasteiger charge is 2.18. The van der Waals surface area contributed by atoms with E-state index in [0.717, 1.165) is 23.9 Å². The van der Waals surface area contributed by atoms with Gasteiger partial charge in [-0.25, -0.2) is 4.98 Å². The number of amides is 2. The summed E-state index contributed by atoms with van der Waals surface area (Å²) in [4.78, 5) is 30.5. The van der Waals surface area contributed by atoms with Crippen molar-refractivity contribution in [3.63, 3.8) is 0 Å². The van der Waals surface area contributed by atoms with Crippen LogP contribution in [0.2, 0.25) is 0 Å². The van der Waals surface area contributed by atoms with E-state index in [-0.39, 0.29) is 17.6 Å². The molecular weight excluding hydrogens is 360 g/mol. The number of hydrogen-bond donors (Lipinski definition) is 1. The van der Waals surface area contributed by atoms with Gasteiger partial charge in [0, 0.05) is 20.6 Å². The van der Waals surface area contributed by atoms with E-state index in [1.54, 1.807) is 21.0 Å². The van der Waals surface area contributed by atoms with Crippen LogP contribution in [0.3, 0.4) is 0 Å². The molecule has 2 rings (SSSR count). The van der Waals surface area contributed by atoms with Crippen molar-refractivity contribution in [2.45, 2.75) is 38.9 Å². The highest BCUT2D eigenvalue weighted by Crippen LogP contribution is 2.24. The number of thioether (sulfide) groups is 1. The summed E-state index contributed by atoms with van der Waals surface area (Å²) >= 11 is 2.52. The fourth-order valence-corrected chi connectivity index (χ4v) is 3.90. The molecule has 0 aliphatic carbocycles. The third-order valence-corrected chi connectivity index (χ3v) is 5.35. The molecule has 136 valence electrons. The second-order valence-electron chi connectivity index (χ2n) is 5.65. The van der Waals surface area contributed by atoms with Crippen LogP contribution in [-0.2, 0) is 11.3 Å². The summed E-state index contributed by atoms with van der Waals surface area (Å²) in [6.45, 7) is 6.56. The molecule has 0 atom stereocenters. The minimum Gasteiger partial charge on any atom is -0.344 e. The van der Waals surface area contributed by atoms with Crippen molar-refractivity contribution in [3.8, 4) is 0 Å². The molecule has 0 saturated heterocycles. The first kappa shape index (κ1) is 19.4. The lowest BCUT2D eigenvalue weighted by molar-refractivity contribution is -0.113. The van der Waals surface area contributed by atoms with Crippen molar-refractivity contribution in [2.75, 3.05) is 25.2 Å². The van der Waals surface area contributed by atoms with Crippen LogP contribution in [0.5, 0.6) is 0 Å². The number of hydrogen-bond acceptors (Lipinski definition) is 7. The molecule has 25 heavy (non-hydrogen) atoms. The predicted octanol–water partition coefficient (Wildman–Crippen LogP) is 2.19. The summed E-state index contributed by atoms with van der Waals surface area (Å²) < 4.78 is 2.00. The molecule has 1 N–H and O–H groups in total. The number of anilines is 1. The maximum absolute atomic E-state index is 12.2. The molecule has 8 nitrogen and oxygen atoms in total. The minimum atomic E-state index is -0.189. The zero-order valence-corrected chi connectivity index (χ0v) is 16.6. The lowest BCUT2D eigenvalue weighted by Gasteiger charge is -2.07. The van der Waals surface area contributed by atoms with E-state index in [0.29, 0.717) is 15.7 Å². The number of rotatable bonds is 7. The lowest BCUT2D eigenvalue weighted by Crippen LogP contribution is -2.21. The fraction of sp³-hybridized carbons (Fsp3) is 0.533. The number of nitrogens with zero attached hydrogens (tertiary/aromatic N) is 5. The van der Waals surface area contributed by atoms with Crippen molar-refractivity contribution in [1.82, 2.24) is 24.6 Å². The molecule has 2 aromatic rings. The van der Waals surface area contributed by atoms with Gasteiger partial charge in [0.25, 0.3) is 5.91 Å². The van der Waals surface area contributed by atoms with Gasteiger partial charge < -0.3 is 14.8 Å². The molecular formula is C15H22N6O2S2. The Hall–Kier alpha value is -1.94. The molecule has 2 amide bonds. The van der Waals surface area contributed by atoms with E-state index in [1.807, 2.05) is 11.5 Å². The normalized spacial score (nSPS) is 10.8. The number of carbonyl (C=O) groups is 2. The van der Waals surface area contributed by atoms with Gasteiger partial charge in [0.2, 0.25) is 5.91 Å². The van der Waals surface area contributed by atoms with E-state index in [1.165, 1.54) is 28.0 Å². The Morgan fingerprint density at radius 2 is 2.00 bits per heavy atom. The first-order valence-corrected chi connectivity index (χ1v) is 9.65. The monoisotopic (exact) mass is 382 g/mol. The zero-order chi connectivity index (χ0) is 18.6. The Balaban J connectivity index is 1.97. The Labute approximate surface area is 155 Å². The van der Waals surface area contributed by atoms with Crippen molar-refractivity contribution in [2.24, 2.45) is 0 Å². The summed E-state index contributed by atoms with van der Waals surface area (Å²) in [6, 6.07) is 0. The molecule has 0 aliphatic rings. The van der Waals surface area contributed by atoms with Crippen molar-refractivity contribution in [1.29, 1.82) is 0 Å². The summed E-state index contributed by atoms with van der Waals surface area (Å²) in [7, 11) is 3.37. The molecule has 0 aliphatic heterocycles. The number of thiazole rings is 1. The van der Waals surface area contributed by atoms with E-state index < -0.39 is 0 Å². The molecule has 0 saturated carbocycles. The van der Waals surface area contributed by atoms with Gasteiger partial charge in [-0.1, -0.05) is 30.0 Å². The van der Waals surface area contributed by atoms with Gasteiger partial charge in [0.1, 0.15) is 10.7 Å². The zero-order valence-electron chi connectivity index (χ0n) is 15.0. The number of carbonyl (C=O) groups excluding carboxylic acids is 2. The first-order valence-electron chi connectivity index (χ1n) is 7.85. The first-order chi connectivity index (χ1) is 11.8. The van der Waals surface area contributed by atoms with Gasteiger partial charge in [-0.2, -0.15) is 0 Å². The summed E-state index contributed by atoms with van der Waals surface area (Å²) in [5.74, 6) is 0.740. The van der Waals surface area contributed by atoms with E-state index in [9.17, 15) is 9.59 Å². The number of nitrogens with one attached hydrogen (secondary N) is 1. The van der Waals surface area contributed by atoms with Crippen LogP contribution in [0.1, 0.15) is 34.5 Å². The largest absolute Gasteiger partial charge is 0.344 e. The lowest BCUT2D eigenvalue weighted by atomic mass is 10.3. The Bertz CT molecular complexity index is 768. The number of aromatic nitrogens is 4. The van der Waals surface area contributed by atoms with Crippen LogP contribution in [-0.4, -0.2) is 56.3 Å². The third kappa shape index (κ3) is 4.79. The summed E-state index contributed by atoms with van der Waals surface area (Å²) in [5.41, 5.74) is 0.616. The Kier molecular flexibility index (Phi) is 6.54. The molecule has 0 fully saturated rings. The maximum atomic E-state index is 12.2. The molecule has 10 heteroatoms. The van der Waals surface area contributed by atoms with Gasteiger partial charge >= 0.3 is 0 Å². The van der Waals surface area contributed by atoms with Gasteiger partial charge in [0.05, 0.1) is 11.4 Å². The van der Waals surface area contributed by atoms with Gasteiger partial charge in [-0.05, 0) is 20.3 Å². The third-order valence-electron chi connectivity index (χ3n) is 3.32. The maximum Gasteiger partial charge on any atom is 0.265 e. The molecule has 2 heterocycles. The van der Waals surface area contributed by atoms with Crippen molar-refractivity contribution < 1.29 is 9.59 Å². The van der Waals surface area contributed by atoms with Crippen molar-refractivity contribution >= 4 is 40.0 Å². The fourth-order valence-electron chi connectivity index (χ4n) is 2.09. The molecule has 0 spiro atoms. The molecule has 0 bridgehead atoms. The average molecular weight is 383 g/mol. The van der Waals surface area contributed by atoms with Crippen LogP contribution in [0.25, 0.3) is 0 Å². The molecule has 0 aromatic carbocycles. The topological polar surface area (TPSA) is 93.0 Å². The van der Waals surface area contributed by atoms with Crippen LogP contribution >= 0.6 is 23.1 Å². The second kappa shape index (κ2) is 8.43. The van der Waals surface area contributed by atoms with Crippen LogP contribution in [0.15, 0.2) is 5.16 Å². The Morgan fingerprint density at radius 1 is 1.28 bits per heavy atom. The number of aryl methyl sites for hydroxylation is 2. The van der Waals surface area contributed by atoms with Crippen LogP contribution in [0.4, 0.5) is 5.13 Å².